The van der Waals surface area contributed by atoms with Crippen molar-refractivity contribution in [1.29, 1.82) is 0 Å². The predicted molar refractivity (Wildman–Crippen MR) is 129 cm³/mol. The van der Waals surface area contributed by atoms with Crippen molar-refractivity contribution in [3.8, 4) is 17.2 Å². The van der Waals surface area contributed by atoms with E-state index >= 15 is 0 Å². The van der Waals surface area contributed by atoms with Crippen molar-refractivity contribution < 1.29 is 28.5 Å². The molecule has 0 aromatic heterocycles. The van der Waals surface area contributed by atoms with Crippen LogP contribution >= 0.6 is 0 Å². The summed E-state index contributed by atoms with van der Waals surface area (Å²) in [7, 11) is 3.17. The Morgan fingerprint density at radius 1 is 1.14 bits per heavy atom. The number of hydrogen-bond donors (Lipinski definition) is 1. The third kappa shape index (κ3) is 5.48. The molecule has 2 heterocycles. The van der Waals surface area contributed by atoms with Gasteiger partial charge in [0.1, 0.15) is 12.3 Å². The van der Waals surface area contributed by atoms with E-state index in [4.69, 9.17) is 24.0 Å². The molecule has 0 unspecified atom stereocenters. The molecule has 0 radical (unpaired) electrons. The van der Waals surface area contributed by atoms with Crippen molar-refractivity contribution in [3.05, 3.63) is 53.6 Å². The number of methoxy groups -OCH3 is 2. The Morgan fingerprint density at radius 3 is 2.63 bits per heavy atom. The maximum Gasteiger partial charge on any atom is 0.317 e. The second-order valence-electron chi connectivity index (χ2n) is 8.10. The number of ether oxygens (including phenoxy) is 4. The Bertz CT molecular complexity index is 1090. The number of rotatable bonds is 9. The number of benzene rings is 2. The van der Waals surface area contributed by atoms with E-state index in [-0.39, 0.29) is 37.9 Å². The van der Waals surface area contributed by atoms with Crippen LogP contribution in [0.3, 0.4) is 0 Å². The topological polar surface area (TPSA) is 102 Å². The summed E-state index contributed by atoms with van der Waals surface area (Å²) >= 11 is 0. The quantitative estimate of drug-likeness (QED) is 0.590. The molecule has 186 valence electrons. The number of nitrogens with zero attached hydrogens (tertiary/aromatic N) is 3. The molecule has 10 heteroatoms. The van der Waals surface area contributed by atoms with E-state index in [9.17, 15) is 9.59 Å². The highest BCUT2D eigenvalue weighted by atomic mass is 16.7. The van der Waals surface area contributed by atoms with Crippen molar-refractivity contribution in [3.63, 3.8) is 0 Å². The first-order valence-electron chi connectivity index (χ1n) is 11.5. The monoisotopic (exact) mass is 482 g/mol. The fourth-order valence-electron chi connectivity index (χ4n) is 4.03. The molecule has 2 aromatic rings. The molecule has 3 amide bonds. The van der Waals surface area contributed by atoms with Crippen LogP contribution in [-0.2, 0) is 9.53 Å². The Morgan fingerprint density at radius 2 is 1.91 bits per heavy atom. The molecule has 35 heavy (non-hydrogen) atoms. The van der Waals surface area contributed by atoms with Crippen LogP contribution < -0.4 is 19.5 Å². The first-order chi connectivity index (χ1) is 17.0. The maximum atomic E-state index is 13.5. The molecule has 0 bridgehead atoms. The van der Waals surface area contributed by atoms with Gasteiger partial charge in [-0.15, -0.1) is 0 Å². The minimum Gasteiger partial charge on any atom is -0.497 e. The Labute approximate surface area is 204 Å². The zero-order valence-electron chi connectivity index (χ0n) is 20.2. The smallest absolute Gasteiger partial charge is 0.317 e. The van der Waals surface area contributed by atoms with Gasteiger partial charge in [0.2, 0.25) is 6.79 Å². The summed E-state index contributed by atoms with van der Waals surface area (Å²) in [6.45, 7) is 2.92. The van der Waals surface area contributed by atoms with Crippen molar-refractivity contribution in [2.75, 3.05) is 47.3 Å². The van der Waals surface area contributed by atoms with Crippen LogP contribution in [0.1, 0.15) is 30.5 Å². The van der Waals surface area contributed by atoms with Gasteiger partial charge in [0.25, 0.3) is 5.91 Å². The number of fused-ring (bicyclic) bond motifs is 1. The van der Waals surface area contributed by atoms with Crippen molar-refractivity contribution in [2.45, 2.75) is 19.4 Å². The average Bonchev–Trinajstić information content (AvgIpc) is 3.53. The van der Waals surface area contributed by atoms with Gasteiger partial charge in [-0.1, -0.05) is 6.07 Å². The van der Waals surface area contributed by atoms with Crippen molar-refractivity contribution in [2.24, 2.45) is 5.10 Å². The van der Waals surface area contributed by atoms with Gasteiger partial charge in [-0.3, -0.25) is 4.79 Å². The third-order valence-electron chi connectivity index (χ3n) is 5.88. The van der Waals surface area contributed by atoms with E-state index in [1.54, 1.807) is 14.2 Å². The van der Waals surface area contributed by atoms with Gasteiger partial charge in [-0.2, -0.15) is 5.10 Å². The van der Waals surface area contributed by atoms with Crippen LogP contribution in [-0.4, -0.2) is 74.8 Å². The largest absolute Gasteiger partial charge is 0.497 e. The number of carbonyl (C=O) groups is 2. The fraction of sp³-hybridized carbons (Fsp3) is 0.400. The molecule has 0 fully saturated rings. The first-order valence-corrected chi connectivity index (χ1v) is 11.5. The molecule has 0 saturated carbocycles. The molecule has 0 aliphatic carbocycles. The van der Waals surface area contributed by atoms with Crippen molar-refractivity contribution >= 4 is 17.6 Å². The predicted octanol–water partition coefficient (Wildman–Crippen LogP) is 2.78. The molecule has 2 aliphatic heterocycles. The average molecular weight is 483 g/mol. The number of nitrogens with one attached hydrogen (secondary N) is 1. The number of hydrazone groups is 1. The standard InChI is InChI=1S/C25H30N4O6/c1-4-26-25(31)28(11-12-32-2)15-24(30)29-21(18-7-10-22-23(13-18)35-16-34-22)14-20(27-29)17-5-8-19(33-3)9-6-17/h5-10,13,21H,4,11-12,14-16H2,1-3H3,(H,26,31)/t21-/m0/s1. The second-order valence-corrected chi connectivity index (χ2v) is 8.10. The Kier molecular flexibility index (Phi) is 7.71. The van der Waals surface area contributed by atoms with Crippen molar-refractivity contribution in [1.82, 2.24) is 15.2 Å². The summed E-state index contributed by atoms with van der Waals surface area (Å²) in [4.78, 5) is 27.5. The zero-order chi connectivity index (χ0) is 24.8. The van der Waals surface area contributed by atoms with Gasteiger partial charge < -0.3 is 29.2 Å². The van der Waals surface area contributed by atoms with E-state index in [1.807, 2.05) is 49.4 Å². The summed E-state index contributed by atoms with van der Waals surface area (Å²) in [5.41, 5.74) is 2.54. The molecule has 1 atom stereocenters. The molecule has 1 N–H and O–H groups in total. The lowest BCUT2D eigenvalue weighted by Crippen LogP contribution is -2.47. The van der Waals surface area contributed by atoms with Gasteiger partial charge in [0.15, 0.2) is 11.5 Å². The fourth-order valence-corrected chi connectivity index (χ4v) is 4.03. The number of carbonyl (C=O) groups excluding carboxylic acids is 2. The summed E-state index contributed by atoms with van der Waals surface area (Å²) < 4.78 is 21.4. The molecule has 0 saturated heterocycles. The molecule has 2 aliphatic rings. The van der Waals surface area contributed by atoms with Crippen LogP contribution in [0.2, 0.25) is 0 Å². The van der Waals surface area contributed by atoms with Gasteiger partial charge in [0, 0.05) is 26.6 Å². The van der Waals surface area contributed by atoms with E-state index in [0.717, 1.165) is 22.6 Å². The van der Waals surface area contributed by atoms with Gasteiger partial charge in [-0.05, 0) is 54.4 Å². The maximum absolute atomic E-state index is 13.5. The Balaban J connectivity index is 1.62. The minimum atomic E-state index is -0.354. The van der Waals surface area contributed by atoms with Gasteiger partial charge in [0.05, 0.1) is 25.5 Å². The van der Waals surface area contributed by atoms with E-state index in [1.165, 1.54) is 9.91 Å². The number of urea groups is 1. The molecule has 10 nitrogen and oxygen atoms in total. The highest BCUT2D eigenvalue weighted by molar-refractivity contribution is 6.03. The lowest BCUT2D eigenvalue weighted by Gasteiger charge is -2.27. The molecule has 4 rings (SSSR count). The van der Waals surface area contributed by atoms with E-state index in [0.29, 0.717) is 31.1 Å². The lowest BCUT2D eigenvalue weighted by molar-refractivity contribution is -0.133. The molecular weight excluding hydrogens is 452 g/mol. The molecule has 0 spiro atoms. The van der Waals surface area contributed by atoms with Crippen LogP contribution in [0.25, 0.3) is 0 Å². The third-order valence-corrected chi connectivity index (χ3v) is 5.88. The highest BCUT2D eigenvalue weighted by Crippen LogP contribution is 2.39. The summed E-state index contributed by atoms with van der Waals surface area (Å²) in [5.74, 6) is 1.75. The minimum absolute atomic E-state index is 0.129. The first kappa shape index (κ1) is 24.3. The second kappa shape index (κ2) is 11.1. The lowest BCUT2D eigenvalue weighted by atomic mass is 9.98. The number of amides is 3. The summed E-state index contributed by atoms with van der Waals surface area (Å²) in [6, 6.07) is 12.5. The van der Waals surface area contributed by atoms with E-state index in [2.05, 4.69) is 5.32 Å². The Hall–Kier alpha value is -3.79. The summed E-state index contributed by atoms with van der Waals surface area (Å²) in [5, 5.41) is 8.92. The molecule has 2 aromatic carbocycles. The SMILES string of the molecule is CCNC(=O)N(CCOC)CC(=O)N1N=C(c2ccc(OC)cc2)C[C@H]1c1ccc2c(c1)OCO2. The summed E-state index contributed by atoms with van der Waals surface area (Å²) in [6.07, 6.45) is 0.511. The van der Waals surface area contributed by atoms with E-state index < -0.39 is 0 Å². The van der Waals surface area contributed by atoms with Gasteiger partial charge >= 0.3 is 6.03 Å². The van der Waals surface area contributed by atoms with Crippen LogP contribution in [0.4, 0.5) is 4.79 Å². The zero-order valence-corrected chi connectivity index (χ0v) is 20.2. The van der Waals surface area contributed by atoms with Crippen LogP contribution in [0.5, 0.6) is 17.2 Å². The highest BCUT2D eigenvalue weighted by Gasteiger charge is 2.35. The van der Waals surface area contributed by atoms with Crippen LogP contribution in [0.15, 0.2) is 47.6 Å². The van der Waals surface area contributed by atoms with Crippen LogP contribution in [0, 0.1) is 0 Å². The number of hydrogen-bond acceptors (Lipinski definition) is 7. The van der Waals surface area contributed by atoms with Gasteiger partial charge in [-0.25, -0.2) is 9.80 Å². The normalized spacial score (nSPS) is 16.1. The molecular formula is C25H30N4O6.